The zero-order chi connectivity index (χ0) is 42.9. The minimum absolute atomic E-state index is 0.126. The van der Waals surface area contributed by atoms with Gasteiger partial charge in [0.15, 0.2) is 5.78 Å². The molecule has 0 radical (unpaired) electrons. The highest BCUT2D eigenvalue weighted by molar-refractivity contribution is 6.41. The van der Waals surface area contributed by atoms with Gasteiger partial charge in [0.1, 0.15) is 43.1 Å². The zero-order valence-corrected chi connectivity index (χ0v) is 38.0. The Balaban J connectivity index is 0.827. The summed E-state index contributed by atoms with van der Waals surface area (Å²) in [4.78, 5) is 33.1. The molecule has 4 heterocycles. The predicted octanol–water partition coefficient (Wildman–Crippen LogP) is 8.24. The van der Waals surface area contributed by atoms with Gasteiger partial charge >= 0.3 is 0 Å². The van der Waals surface area contributed by atoms with Gasteiger partial charge in [-0.3, -0.25) is 9.69 Å². The molecule has 1 saturated carbocycles. The summed E-state index contributed by atoms with van der Waals surface area (Å²) in [6.45, 7) is 6.51. The van der Waals surface area contributed by atoms with E-state index in [0.29, 0.717) is 124 Å². The Bertz CT molecular complexity index is 2280. The van der Waals surface area contributed by atoms with Gasteiger partial charge in [0.2, 0.25) is 5.95 Å². The molecule has 13 nitrogen and oxygen atoms in total. The Morgan fingerprint density at radius 3 is 1.98 bits per heavy atom. The van der Waals surface area contributed by atoms with Crippen molar-refractivity contribution in [3.63, 3.8) is 0 Å². The van der Waals surface area contributed by atoms with E-state index in [-0.39, 0.29) is 5.78 Å². The number of benzene rings is 3. The summed E-state index contributed by atoms with van der Waals surface area (Å²) < 4.78 is 23.0. The fraction of sp³-hybridized carbons (Fsp3) is 0.432. The molecule has 3 fully saturated rings. The number of rotatable bonds is 13. The molecule has 324 valence electrons. The molecule has 0 amide bonds. The summed E-state index contributed by atoms with van der Waals surface area (Å²) in [6, 6.07) is 12.4. The third-order valence-electron chi connectivity index (χ3n) is 11.8. The van der Waals surface area contributed by atoms with Gasteiger partial charge in [-0.1, -0.05) is 46.4 Å². The third kappa shape index (κ3) is 9.18. The first-order chi connectivity index (χ1) is 29.5. The van der Waals surface area contributed by atoms with Crippen LogP contribution in [0.25, 0.3) is 0 Å². The van der Waals surface area contributed by atoms with Crippen LogP contribution in [-0.4, -0.2) is 119 Å². The first-order valence-corrected chi connectivity index (χ1v) is 21.9. The Hall–Kier alpha value is -4.53. The van der Waals surface area contributed by atoms with Crippen molar-refractivity contribution in [2.45, 2.75) is 31.8 Å². The molecule has 4 aliphatic rings. The van der Waals surface area contributed by atoms with E-state index in [0.717, 1.165) is 49.5 Å². The Labute approximate surface area is 377 Å². The van der Waals surface area contributed by atoms with Crippen LogP contribution in [-0.2, 0) is 17.8 Å². The lowest BCUT2D eigenvalue weighted by atomic mass is 10.0. The van der Waals surface area contributed by atoms with Gasteiger partial charge in [-0.15, -0.1) is 0 Å². The summed E-state index contributed by atoms with van der Waals surface area (Å²) >= 11 is 27.2. The van der Waals surface area contributed by atoms with Crippen LogP contribution in [0.5, 0.6) is 23.0 Å². The van der Waals surface area contributed by atoms with Crippen LogP contribution in [0.2, 0.25) is 20.1 Å². The Morgan fingerprint density at radius 1 is 0.770 bits per heavy atom. The quantitative estimate of drug-likeness (QED) is 0.130. The number of fused-ring (bicyclic) bond motifs is 1. The second-order valence-corrected chi connectivity index (χ2v) is 17.4. The minimum Gasteiger partial charge on any atom is -0.495 e. The van der Waals surface area contributed by atoms with E-state index in [1.54, 1.807) is 33.5 Å². The molecule has 0 spiro atoms. The van der Waals surface area contributed by atoms with Crippen LogP contribution in [0.15, 0.2) is 54.4 Å². The van der Waals surface area contributed by atoms with Crippen LogP contribution in [0.3, 0.4) is 0 Å². The molecule has 0 bridgehead atoms. The van der Waals surface area contributed by atoms with E-state index < -0.39 is 0 Å². The van der Waals surface area contributed by atoms with E-state index in [1.807, 2.05) is 36.3 Å². The fourth-order valence-electron chi connectivity index (χ4n) is 8.46. The highest BCUT2D eigenvalue weighted by atomic mass is 35.5. The number of aromatic nitrogens is 2. The molecule has 2 atom stereocenters. The monoisotopic (exact) mass is 910 g/mol. The number of halogens is 4. The normalized spacial score (nSPS) is 19.8. The average Bonchev–Trinajstić information content (AvgIpc) is 4.04. The van der Waals surface area contributed by atoms with Crippen LogP contribution >= 0.6 is 46.4 Å². The van der Waals surface area contributed by atoms with Crippen molar-refractivity contribution >= 4 is 80.9 Å². The number of methoxy groups -OCH3 is 3. The first kappa shape index (κ1) is 43.1. The van der Waals surface area contributed by atoms with Gasteiger partial charge in [-0.05, 0) is 30.7 Å². The molecule has 3 aliphatic heterocycles. The number of hydrogen-bond acceptors (Lipinski definition) is 13. The maximum atomic E-state index is 12.6. The Kier molecular flexibility index (Phi) is 13.0. The number of carbonyl (C=O) groups excluding carboxylic acids is 1. The van der Waals surface area contributed by atoms with Gasteiger partial charge in [-0.25, -0.2) is 9.97 Å². The smallest absolute Gasteiger partial charge is 0.227 e. The van der Waals surface area contributed by atoms with E-state index in [4.69, 9.17) is 70.3 Å². The van der Waals surface area contributed by atoms with Crippen molar-refractivity contribution in [2.24, 2.45) is 5.92 Å². The van der Waals surface area contributed by atoms with Crippen molar-refractivity contribution in [2.75, 3.05) is 108 Å². The number of nitrogens with one attached hydrogen (secondary N) is 1. The number of carbonyl (C=O) groups is 1. The van der Waals surface area contributed by atoms with Crippen molar-refractivity contribution < 1.29 is 23.7 Å². The molecule has 4 aromatic rings. The lowest BCUT2D eigenvalue weighted by Crippen LogP contribution is -2.47. The molecule has 61 heavy (non-hydrogen) atoms. The van der Waals surface area contributed by atoms with Crippen molar-refractivity contribution in [1.29, 1.82) is 0 Å². The van der Waals surface area contributed by atoms with Gasteiger partial charge in [0.05, 0.1) is 45.0 Å². The van der Waals surface area contributed by atoms with Gasteiger partial charge in [-0.2, -0.15) is 0 Å². The summed E-state index contributed by atoms with van der Waals surface area (Å²) in [5, 5.41) is 5.12. The van der Waals surface area contributed by atoms with Crippen molar-refractivity contribution in [3.05, 3.63) is 85.7 Å². The number of nitrogens with zero attached hydrogens (tertiary/aromatic N) is 7. The standard InChI is InChI=1S/C44H50Cl4N8O5/c1-52(2)22-28-24-56(13-11-33(28)57)43-40(47)36(60-5)20-37(41(43)48)61-25-26-18-32(26)54-16-14-53(15-17-54)30-8-6-29(7-9-30)50-44-49-21-27-23-55(12-10-31(27)51-44)42-38(45)34(58-3)19-35(59-4)39(42)46/h6-9,19-22,26,32H,10-18,23-25H2,1-5H3,(H,49,50,51)/b28-22-. The second-order valence-electron chi connectivity index (χ2n) is 15.9. The average molecular weight is 913 g/mol. The van der Waals surface area contributed by atoms with Crippen LogP contribution in [0, 0.1) is 5.92 Å². The fourth-order valence-corrected chi connectivity index (χ4v) is 9.92. The highest BCUT2D eigenvalue weighted by Crippen LogP contribution is 2.49. The van der Waals surface area contributed by atoms with E-state index in [2.05, 4.69) is 49.3 Å². The number of anilines is 5. The maximum absolute atomic E-state index is 12.6. The molecule has 17 heteroatoms. The SMILES string of the molecule is COc1cc(OC)c(Cl)c(N2CCc3nc(Nc4ccc(N5CCN(C6CC6COc6cc(OC)c(Cl)c(N7CCC(=O)/C(=C\N(C)C)C7)c6Cl)CC5)cc4)ncc3C2)c1Cl. The van der Waals surface area contributed by atoms with E-state index >= 15 is 0 Å². The molecule has 2 unspecified atom stereocenters. The predicted molar refractivity (Wildman–Crippen MR) is 244 cm³/mol. The maximum Gasteiger partial charge on any atom is 0.227 e. The number of Topliss-reactive ketones (excluding diaryl/α,β-unsaturated/α-hetero) is 1. The van der Waals surface area contributed by atoms with Crippen molar-refractivity contribution in [1.82, 2.24) is 19.8 Å². The summed E-state index contributed by atoms with van der Waals surface area (Å²) in [6.07, 6.45) is 5.87. The van der Waals surface area contributed by atoms with Gasteiger partial charge < -0.3 is 43.9 Å². The highest BCUT2D eigenvalue weighted by Gasteiger charge is 2.43. The third-order valence-corrected chi connectivity index (χ3v) is 13.3. The summed E-state index contributed by atoms with van der Waals surface area (Å²) in [5.74, 6) is 3.12. The second kappa shape index (κ2) is 18.4. The molecular weight excluding hydrogens is 862 g/mol. The number of piperazine rings is 1. The number of piperidine rings is 1. The lowest BCUT2D eigenvalue weighted by Gasteiger charge is -2.36. The van der Waals surface area contributed by atoms with E-state index in [1.165, 1.54) is 5.69 Å². The van der Waals surface area contributed by atoms with Crippen LogP contribution in [0.4, 0.5) is 28.7 Å². The number of ketones is 1. The number of hydrogen-bond donors (Lipinski definition) is 1. The molecular formula is C44H50Cl4N8O5. The largest absolute Gasteiger partial charge is 0.495 e. The molecule has 2 saturated heterocycles. The summed E-state index contributed by atoms with van der Waals surface area (Å²) in [7, 11) is 8.53. The molecule has 3 aromatic carbocycles. The first-order valence-electron chi connectivity index (χ1n) is 20.4. The zero-order valence-electron chi connectivity index (χ0n) is 34.9. The van der Waals surface area contributed by atoms with E-state index in [9.17, 15) is 4.79 Å². The molecule has 8 rings (SSSR count). The van der Waals surface area contributed by atoms with Crippen molar-refractivity contribution in [3.8, 4) is 23.0 Å². The van der Waals surface area contributed by atoms with Gasteiger partial charge in [0.25, 0.3) is 0 Å². The van der Waals surface area contributed by atoms with Gasteiger partial charge in [0, 0.05) is 138 Å². The molecule has 1 aliphatic carbocycles. The molecule has 1 N–H and O–H groups in total. The van der Waals surface area contributed by atoms with Crippen LogP contribution < -0.4 is 39.0 Å². The topological polar surface area (TPSA) is 108 Å². The Morgan fingerprint density at radius 2 is 1.36 bits per heavy atom. The molecule has 1 aromatic heterocycles. The summed E-state index contributed by atoms with van der Waals surface area (Å²) in [5.41, 5.74) is 6.11. The lowest BCUT2D eigenvalue weighted by molar-refractivity contribution is -0.116. The van der Waals surface area contributed by atoms with Crippen LogP contribution in [0.1, 0.15) is 24.1 Å². The minimum atomic E-state index is 0.126. The number of ether oxygens (including phenoxy) is 4.